The van der Waals surface area contributed by atoms with E-state index in [4.69, 9.17) is 16.3 Å². The summed E-state index contributed by atoms with van der Waals surface area (Å²) in [6.45, 7) is 5.81. The lowest BCUT2D eigenvalue weighted by Crippen LogP contribution is -2.28. The average Bonchev–Trinajstić information content (AvgIpc) is 2.92. The molecule has 1 saturated heterocycles. The van der Waals surface area contributed by atoms with E-state index < -0.39 is 0 Å². The highest BCUT2D eigenvalue weighted by molar-refractivity contribution is 6.33. The molecule has 2 rings (SSSR count). The summed E-state index contributed by atoms with van der Waals surface area (Å²) < 4.78 is 5.02. The molecule has 4 heteroatoms. The summed E-state index contributed by atoms with van der Waals surface area (Å²) in [5, 5.41) is 4.21. The molecule has 0 radical (unpaired) electrons. The Morgan fingerprint density at radius 2 is 2.30 bits per heavy atom. The van der Waals surface area contributed by atoms with Crippen LogP contribution in [0.5, 0.6) is 0 Å². The van der Waals surface area contributed by atoms with Crippen LogP contribution in [0.2, 0.25) is 5.02 Å². The predicted octanol–water partition coefficient (Wildman–Crippen LogP) is 3.45. The molecule has 1 heterocycles. The fraction of sp³-hybridized carbons (Fsp3) is 0.625. The first-order valence-electron chi connectivity index (χ1n) is 7.51. The second kappa shape index (κ2) is 7.87. The van der Waals surface area contributed by atoms with E-state index in [1.165, 1.54) is 30.5 Å². The minimum atomic E-state index is 0.651. The van der Waals surface area contributed by atoms with Gasteiger partial charge in [-0.3, -0.25) is 0 Å². The lowest BCUT2D eigenvalue weighted by atomic mass is 10.1. The number of nitrogens with zero attached hydrogens (tertiary/aromatic N) is 1. The van der Waals surface area contributed by atoms with Gasteiger partial charge in [0.2, 0.25) is 0 Å². The normalized spacial score (nSPS) is 18.8. The maximum absolute atomic E-state index is 6.48. The number of ether oxygens (including phenoxy) is 1. The van der Waals surface area contributed by atoms with Crippen molar-refractivity contribution >= 4 is 17.3 Å². The standard InChI is InChI=1S/C16H25ClN2O/c1-3-14-5-4-9-19(14)16-7-6-13(11-15(16)17)12-18-8-10-20-2/h6-7,11,14,18H,3-5,8-10,12H2,1-2H3. The summed E-state index contributed by atoms with van der Waals surface area (Å²) in [4.78, 5) is 2.46. The van der Waals surface area contributed by atoms with Crippen molar-refractivity contribution in [1.82, 2.24) is 5.32 Å². The summed E-state index contributed by atoms with van der Waals surface area (Å²) in [7, 11) is 1.72. The van der Waals surface area contributed by atoms with Crippen LogP contribution in [0.1, 0.15) is 31.7 Å². The molecule has 1 N–H and O–H groups in total. The van der Waals surface area contributed by atoms with Gasteiger partial charge in [0.1, 0.15) is 0 Å². The molecule has 3 nitrogen and oxygen atoms in total. The van der Waals surface area contributed by atoms with Crippen molar-refractivity contribution in [2.24, 2.45) is 0 Å². The Hall–Kier alpha value is -0.770. The Morgan fingerprint density at radius 1 is 1.45 bits per heavy atom. The monoisotopic (exact) mass is 296 g/mol. The van der Waals surface area contributed by atoms with Gasteiger partial charge in [-0.15, -0.1) is 0 Å². The molecule has 1 aliphatic rings. The Labute approximate surface area is 127 Å². The Balaban J connectivity index is 1.98. The third-order valence-corrected chi connectivity index (χ3v) is 4.28. The lowest BCUT2D eigenvalue weighted by molar-refractivity contribution is 0.199. The van der Waals surface area contributed by atoms with Crippen molar-refractivity contribution in [2.75, 3.05) is 31.7 Å². The van der Waals surface area contributed by atoms with E-state index in [9.17, 15) is 0 Å². The number of rotatable bonds is 7. The van der Waals surface area contributed by atoms with Gasteiger partial charge in [-0.25, -0.2) is 0 Å². The zero-order valence-corrected chi connectivity index (χ0v) is 13.2. The van der Waals surface area contributed by atoms with E-state index in [1.54, 1.807) is 7.11 Å². The van der Waals surface area contributed by atoms with Crippen molar-refractivity contribution in [3.8, 4) is 0 Å². The molecular formula is C16H25ClN2O. The number of hydrogen-bond acceptors (Lipinski definition) is 3. The van der Waals surface area contributed by atoms with E-state index in [0.717, 1.165) is 31.3 Å². The minimum Gasteiger partial charge on any atom is -0.383 e. The molecule has 0 bridgehead atoms. The van der Waals surface area contributed by atoms with Crippen LogP contribution in [0.4, 0.5) is 5.69 Å². The molecule has 1 atom stereocenters. The molecule has 1 aliphatic heterocycles. The highest BCUT2D eigenvalue weighted by Crippen LogP contribution is 2.33. The summed E-state index contributed by atoms with van der Waals surface area (Å²) in [6, 6.07) is 7.08. The minimum absolute atomic E-state index is 0.651. The number of anilines is 1. The summed E-state index contributed by atoms with van der Waals surface area (Å²) in [6.07, 6.45) is 3.75. The molecule has 0 aromatic heterocycles. The first-order valence-corrected chi connectivity index (χ1v) is 7.88. The van der Waals surface area contributed by atoms with E-state index in [-0.39, 0.29) is 0 Å². The molecule has 20 heavy (non-hydrogen) atoms. The van der Waals surface area contributed by atoms with Gasteiger partial charge in [-0.2, -0.15) is 0 Å². The first-order chi connectivity index (χ1) is 9.76. The lowest BCUT2D eigenvalue weighted by Gasteiger charge is -2.27. The maximum Gasteiger partial charge on any atom is 0.0642 e. The van der Waals surface area contributed by atoms with Crippen LogP contribution in [0.25, 0.3) is 0 Å². The molecule has 0 spiro atoms. The van der Waals surface area contributed by atoms with Gasteiger partial charge in [-0.05, 0) is 37.0 Å². The van der Waals surface area contributed by atoms with Gasteiger partial charge in [0.05, 0.1) is 17.3 Å². The molecule has 0 saturated carbocycles. The van der Waals surface area contributed by atoms with E-state index in [2.05, 4.69) is 35.3 Å². The zero-order valence-electron chi connectivity index (χ0n) is 12.5. The third kappa shape index (κ3) is 3.87. The Kier molecular flexibility index (Phi) is 6.14. The van der Waals surface area contributed by atoms with Crippen molar-refractivity contribution in [1.29, 1.82) is 0 Å². The van der Waals surface area contributed by atoms with Gasteiger partial charge >= 0.3 is 0 Å². The largest absolute Gasteiger partial charge is 0.383 e. The highest BCUT2D eigenvalue weighted by atomic mass is 35.5. The molecule has 1 unspecified atom stereocenters. The number of hydrogen-bond donors (Lipinski definition) is 1. The Morgan fingerprint density at radius 3 is 3.00 bits per heavy atom. The molecule has 0 amide bonds. The summed E-state index contributed by atoms with van der Waals surface area (Å²) in [5.41, 5.74) is 2.42. The van der Waals surface area contributed by atoms with Crippen LogP contribution < -0.4 is 10.2 Å². The third-order valence-electron chi connectivity index (χ3n) is 3.98. The van der Waals surface area contributed by atoms with Crippen molar-refractivity contribution in [3.63, 3.8) is 0 Å². The van der Waals surface area contributed by atoms with Gasteiger partial charge in [-0.1, -0.05) is 24.6 Å². The summed E-state index contributed by atoms with van der Waals surface area (Å²) >= 11 is 6.48. The van der Waals surface area contributed by atoms with Crippen LogP contribution in [0.3, 0.4) is 0 Å². The molecule has 1 aromatic carbocycles. The smallest absolute Gasteiger partial charge is 0.0642 e. The number of benzene rings is 1. The van der Waals surface area contributed by atoms with Crippen molar-refractivity contribution in [3.05, 3.63) is 28.8 Å². The SMILES string of the molecule is CCC1CCCN1c1ccc(CNCCOC)cc1Cl. The number of halogens is 1. The fourth-order valence-electron chi connectivity index (χ4n) is 2.88. The van der Waals surface area contributed by atoms with Crippen LogP contribution in [-0.2, 0) is 11.3 Å². The van der Waals surface area contributed by atoms with Crippen LogP contribution >= 0.6 is 11.6 Å². The van der Waals surface area contributed by atoms with E-state index in [0.29, 0.717) is 6.04 Å². The van der Waals surface area contributed by atoms with Gasteiger partial charge < -0.3 is 15.0 Å². The molecule has 1 aromatic rings. The zero-order chi connectivity index (χ0) is 14.4. The Bertz CT molecular complexity index is 425. The van der Waals surface area contributed by atoms with Gasteiger partial charge in [0, 0.05) is 32.8 Å². The predicted molar refractivity (Wildman–Crippen MR) is 85.7 cm³/mol. The molecule has 1 fully saturated rings. The van der Waals surface area contributed by atoms with E-state index in [1.807, 2.05) is 0 Å². The quantitative estimate of drug-likeness (QED) is 0.780. The second-order valence-corrected chi connectivity index (χ2v) is 5.76. The topological polar surface area (TPSA) is 24.5 Å². The van der Waals surface area contributed by atoms with Crippen LogP contribution in [0, 0.1) is 0 Å². The fourth-order valence-corrected chi connectivity index (χ4v) is 3.19. The highest BCUT2D eigenvalue weighted by Gasteiger charge is 2.24. The van der Waals surface area contributed by atoms with E-state index >= 15 is 0 Å². The number of nitrogens with one attached hydrogen (secondary N) is 1. The average molecular weight is 297 g/mol. The number of methoxy groups -OCH3 is 1. The maximum atomic E-state index is 6.48. The van der Waals surface area contributed by atoms with Gasteiger partial charge in [0.25, 0.3) is 0 Å². The summed E-state index contributed by atoms with van der Waals surface area (Å²) in [5.74, 6) is 0. The second-order valence-electron chi connectivity index (χ2n) is 5.35. The first kappa shape index (κ1) is 15.6. The van der Waals surface area contributed by atoms with Crippen LogP contribution in [-0.4, -0.2) is 32.8 Å². The van der Waals surface area contributed by atoms with Crippen molar-refractivity contribution < 1.29 is 4.74 Å². The van der Waals surface area contributed by atoms with Crippen molar-refractivity contribution in [2.45, 2.75) is 38.8 Å². The molecular weight excluding hydrogens is 272 g/mol. The van der Waals surface area contributed by atoms with Crippen LogP contribution in [0.15, 0.2) is 18.2 Å². The van der Waals surface area contributed by atoms with Gasteiger partial charge in [0.15, 0.2) is 0 Å². The molecule has 0 aliphatic carbocycles. The molecule has 112 valence electrons.